The van der Waals surface area contributed by atoms with Gasteiger partial charge in [0.2, 0.25) is 0 Å². The lowest BCUT2D eigenvalue weighted by molar-refractivity contribution is 1.01. The highest BCUT2D eigenvalue weighted by atomic mass is 32.1. The molecule has 50 valence electrons. The Hall–Kier alpha value is -0.740. The number of thiophene rings is 1. The smallest absolute Gasteiger partial charge is 0.0803 e. The van der Waals surface area contributed by atoms with E-state index in [9.17, 15) is 0 Å². The number of hydrogen-bond acceptors (Lipinski definition) is 1. The van der Waals surface area contributed by atoms with Gasteiger partial charge in [-0.15, -0.1) is 11.3 Å². The molecule has 1 heteroatoms. The lowest BCUT2D eigenvalue weighted by Gasteiger charge is -2.00. The third kappa shape index (κ3) is 0.767. The highest BCUT2D eigenvalue weighted by Gasteiger charge is 2.07. The molecule has 0 fully saturated rings. The molecule has 0 atom stereocenters. The molecule has 0 aliphatic heterocycles. The molecule has 0 amide bonds. The van der Waals surface area contributed by atoms with E-state index in [0.29, 0.717) is 0 Å². The zero-order valence-corrected chi connectivity index (χ0v) is 6.72. The van der Waals surface area contributed by atoms with Crippen LogP contribution in [0.25, 0.3) is 0 Å². The molecule has 0 spiro atoms. The van der Waals surface area contributed by atoms with Crippen LogP contribution >= 0.6 is 11.3 Å². The summed E-state index contributed by atoms with van der Waals surface area (Å²) in [7, 11) is 0. The predicted molar refractivity (Wildman–Crippen MR) is 44.3 cm³/mol. The van der Waals surface area contributed by atoms with Crippen molar-refractivity contribution in [2.45, 2.75) is 19.8 Å². The summed E-state index contributed by atoms with van der Waals surface area (Å²) < 4.78 is 0. The minimum atomic E-state index is 1.05. The van der Waals surface area contributed by atoms with Crippen LogP contribution in [0.5, 0.6) is 0 Å². The second-order valence-electron chi connectivity index (χ2n) is 2.53. The first kappa shape index (κ1) is 6.00. The molecule has 2 rings (SSSR count). The lowest BCUT2D eigenvalue weighted by Crippen LogP contribution is -1.91. The summed E-state index contributed by atoms with van der Waals surface area (Å²) in [5, 5.41) is 2.20. The van der Waals surface area contributed by atoms with E-state index in [-0.39, 0.29) is 0 Å². The van der Waals surface area contributed by atoms with Crippen molar-refractivity contribution in [3.05, 3.63) is 21.4 Å². The highest BCUT2D eigenvalue weighted by molar-refractivity contribution is 7.10. The lowest BCUT2D eigenvalue weighted by atomic mass is 10.0. The van der Waals surface area contributed by atoms with E-state index >= 15 is 0 Å². The van der Waals surface area contributed by atoms with E-state index in [1.165, 1.54) is 16.0 Å². The van der Waals surface area contributed by atoms with Crippen molar-refractivity contribution in [3.63, 3.8) is 0 Å². The van der Waals surface area contributed by atoms with Crippen LogP contribution in [0.15, 0.2) is 5.38 Å². The summed E-state index contributed by atoms with van der Waals surface area (Å²) in [6.07, 6.45) is 2.21. The largest absolute Gasteiger partial charge is 0.135 e. The van der Waals surface area contributed by atoms with Crippen molar-refractivity contribution < 1.29 is 0 Å². The van der Waals surface area contributed by atoms with Crippen molar-refractivity contribution >= 4 is 11.3 Å². The topological polar surface area (TPSA) is 0 Å². The average Bonchev–Trinajstić information content (AvgIpc) is 2.34. The molecule has 0 saturated carbocycles. The molecule has 10 heavy (non-hydrogen) atoms. The summed E-state index contributed by atoms with van der Waals surface area (Å²) in [4.78, 5) is 1.30. The van der Waals surface area contributed by atoms with Gasteiger partial charge in [-0.05, 0) is 29.9 Å². The van der Waals surface area contributed by atoms with Gasteiger partial charge in [0.1, 0.15) is 0 Å². The van der Waals surface area contributed by atoms with Crippen LogP contribution in [0, 0.1) is 18.8 Å². The maximum atomic E-state index is 3.15. The van der Waals surface area contributed by atoms with Gasteiger partial charge < -0.3 is 0 Å². The SMILES string of the molecule is Cc1csc2c1CCC#C2. The van der Waals surface area contributed by atoms with Crippen LogP contribution in [-0.2, 0) is 6.42 Å². The van der Waals surface area contributed by atoms with Gasteiger partial charge in [0, 0.05) is 6.42 Å². The van der Waals surface area contributed by atoms with Crippen LogP contribution in [-0.4, -0.2) is 0 Å². The van der Waals surface area contributed by atoms with Crippen LogP contribution in [0.4, 0.5) is 0 Å². The van der Waals surface area contributed by atoms with Crippen LogP contribution < -0.4 is 0 Å². The Morgan fingerprint density at radius 1 is 1.60 bits per heavy atom. The molecule has 0 saturated heterocycles. The van der Waals surface area contributed by atoms with Gasteiger partial charge in [0.25, 0.3) is 0 Å². The predicted octanol–water partition coefficient (Wildman–Crippen LogP) is 2.35. The quantitative estimate of drug-likeness (QED) is 0.495. The summed E-state index contributed by atoms with van der Waals surface area (Å²) in [6.45, 7) is 2.17. The Balaban J connectivity index is 2.62. The van der Waals surface area contributed by atoms with Crippen molar-refractivity contribution in [2.75, 3.05) is 0 Å². The normalized spacial score (nSPS) is 13.7. The standard InChI is InChI=1S/C9H8S/c1-7-6-10-9-5-3-2-4-8(7)9/h6H,2,4H2,1H3. The van der Waals surface area contributed by atoms with E-state index in [1.54, 1.807) is 11.3 Å². The summed E-state index contributed by atoms with van der Waals surface area (Å²) in [5.41, 5.74) is 2.91. The van der Waals surface area contributed by atoms with Crippen molar-refractivity contribution in [2.24, 2.45) is 0 Å². The Kier molecular flexibility index (Phi) is 1.28. The Labute approximate surface area is 64.9 Å². The first-order chi connectivity index (χ1) is 4.88. The molecule has 0 unspecified atom stereocenters. The fourth-order valence-electron chi connectivity index (χ4n) is 1.21. The molecule has 0 N–H and O–H groups in total. The Morgan fingerprint density at radius 2 is 2.50 bits per heavy atom. The maximum absolute atomic E-state index is 3.15. The molecular weight excluding hydrogens is 140 g/mol. The molecule has 1 aliphatic carbocycles. The zero-order chi connectivity index (χ0) is 6.97. The van der Waals surface area contributed by atoms with E-state index < -0.39 is 0 Å². The molecule has 1 aromatic heterocycles. The van der Waals surface area contributed by atoms with Gasteiger partial charge in [-0.25, -0.2) is 0 Å². The Bertz CT molecular complexity index is 309. The van der Waals surface area contributed by atoms with Crippen molar-refractivity contribution in [1.82, 2.24) is 0 Å². The molecule has 1 heterocycles. The third-order valence-electron chi connectivity index (χ3n) is 1.81. The second kappa shape index (κ2) is 2.14. The first-order valence-electron chi connectivity index (χ1n) is 3.44. The number of fused-ring (bicyclic) bond motifs is 1. The van der Waals surface area contributed by atoms with Crippen LogP contribution in [0.2, 0.25) is 0 Å². The van der Waals surface area contributed by atoms with Crippen LogP contribution in [0.1, 0.15) is 22.4 Å². The molecule has 0 nitrogen and oxygen atoms in total. The second-order valence-corrected chi connectivity index (χ2v) is 3.41. The number of hydrogen-bond donors (Lipinski definition) is 0. The molecule has 1 aliphatic rings. The summed E-state index contributed by atoms with van der Waals surface area (Å²) in [6, 6.07) is 0. The number of aryl methyl sites for hydroxylation is 1. The van der Waals surface area contributed by atoms with E-state index in [4.69, 9.17) is 0 Å². The molecule has 0 bridgehead atoms. The van der Waals surface area contributed by atoms with E-state index in [2.05, 4.69) is 24.1 Å². The van der Waals surface area contributed by atoms with Crippen molar-refractivity contribution in [1.29, 1.82) is 0 Å². The molecule has 1 aromatic rings. The third-order valence-corrected chi connectivity index (χ3v) is 2.86. The molecule has 0 radical (unpaired) electrons. The molecular formula is C9H8S. The Morgan fingerprint density at radius 3 is 3.30 bits per heavy atom. The number of rotatable bonds is 0. The van der Waals surface area contributed by atoms with Gasteiger partial charge in [-0.1, -0.05) is 11.8 Å². The maximum Gasteiger partial charge on any atom is 0.0803 e. The fraction of sp³-hybridized carbons (Fsp3) is 0.333. The summed E-state index contributed by atoms with van der Waals surface area (Å²) in [5.74, 6) is 6.27. The zero-order valence-electron chi connectivity index (χ0n) is 5.90. The minimum Gasteiger partial charge on any atom is -0.135 e. The first-order valence-corrected chi connectivity index (χ1v) is 4.32. The minimum absolute atomic E-state index is 1.05. The van der Waals surface area contributed by atoms with Crippen LogP contribution in [0.3, 0.4) is 0 Å². The monoisotopic (exact) mass is 148 g/mol. The van der Waals surface area contributed by atoms with Gasteiger partial charge in [-0.2, -0.15) is 0 Å². The summed E-state index contributed by atoms with van der Waals surface area (Å²) >= 11 is 1.78. The van der Waals surface area contributed by atoms with Crippen molar-refractivity contribution in [3.8, 4) is 11.8 Å². The van der Waals surface area contributed by atoms with E-state index in [1.807, 2.05) is 0 Å². The van der Waals surface area contributed by atoms with E-state index in [0.717, 1.165) is 12.8 Å². The van der Waals surface area contributed by atoms with Gasteiger partial charge >= 0.3 is 0 Å². The fourth-order valence-corrected chi connectivity index (χ4v) is 2.19. The van der Waals surface area contributed by atoms with Gasteiger partial charge in [0.15, 0.2) is 0 Å². The highest BCUT2D eigenvalue weighted by Crippen LogP contribution is 2.24. The average molecular weight is 148 g/mol. The van der Waals surface area contributed by atoms with Gasteiger partial charge in [-0.3, -0.25) is 0 Å². The molecule has 0 aromatic carbocycles. The van der Waals surface area contributed by atoms with Gasteiger partial charge in [0.05, 0.1) is 4.88 Å².